The van der Waals surface area contributed by atoms with E-state index in [1.807, 2.05) is 36.7 Å². The fourth-order valence-electron chi connectivity index (χ4n) is 3.14. The van der Waals surface area contributed by atoms with Crippen molar-refractivity contribution in [3.63, 3.8) is 0 Å². The number of fused-ring (bicyclic) bond motifs is 2. The molecule has 0 bridgehead atoms. The largest absolute Gasteiger partial charge is 0.360 e. The third kappa shape index (κ3) is 1.73. The lowest BCUT2D eigenvalue weighted by Crippen LogP contribution is -1.82. The van der Waals surface area contributed by atoms with Gasteiger partial charge in [0.1, 0.15) is 11.4 Å². The van der Waals surface area contributed by atoms with E-state index < -0.39 is 0 Å². The highest BCUT2D eigenvalue weighted by molar-refractivity contribution is 6.02. The number of H-pyrrole nitrogens is 3. The summed E-state index contributed by atoms with van der Waals surface area (Å²) < 4.78 is 0. The maximum Gasteiger partial charge on any atom is 0.123 e. The zero-order valence-corrected chi connectivity index (χ0v) is 12.2. The van der Waals surface area contributed by atoms with Crippen LogP contribution in [0.3, 0.4) is 0 Å². The number of nitrogens with zero attached hydrogens (tertiary/aromatic N) is 2. The molecule has 110 valence electrons. The molecule has 3 heterocycles. The second-order valence-corrected chi connectivity index (χ2v) is 5.52. The normalized spacial score (nSPS) is 11.5. The van der Waals surface area contributed by atoms with Gasteiger partial charge in [-0.2, -0.15) is 15.4 Å². The van der Waals surface area contributed by atoms with Crippen LogP contribution in [-0.4, -0.2) is 25.4 Å². The van der Waals surface area contributed by atoms with Crippen LogP contribution in [-0.2, 0) is 0 Å². The molecule has 0 unspecified atom stereocenters. The highest BCUT2D eigenvalue weighted by atomic mass is 15.3. The Morgan fingerprint density at radius 3 is 1.61 bits per heavy atom. The van der Waals surface area contributed by atoms with Crippen molar-refractivity contribution < 1.29 is 0 Å². The lowest BCUT2D eigenvalue weighted by atomic mass is 10.0. The van der Waals surface area contributed by atoms with Crippen LogP contribution in [0.15, 0.2) is 60.9 Å². The number of para-hydroxylation sites is 2. The molecule has 0 atom stereocenters. The lowest BCUT2D eigenvalue weighted by Gasteiger charge is -1.99. The van der Waals surface area contributed by atoms with Gasteiger partial charge in [0, 0.05) is 45.3 Å². The van der Waals surface area contributed by atoms with Gasteiger partial charge in [-0.1, -0.05) is 36.4 Å². The molecule has 5 heteroatoms. The zero-order chi connectivity index (χ0) is 15.2. The summed E-state index contributed by atoms with van der Waals surface area (Å²) in [5, 5.41) is 13.9. The van der Waals surface area contributed by atoms with Crippen LogP contribution in [0.1, 0.15) is 0 Å². The molecule has 0 saturated carbocycles. The number of aromatic nitrogens is 5. The van der Waals surface area contributed by atoms with Crippen molar-refractivity contribution in [2.75, 3.05) is 0 Å². The highest BCUT2D eigenvalue weighted by Gasteiger charge is 2.18. The minimum Gasteiger partial charge on any atom is -0.360 e. The Bertz CT molecular complexity index is 1040. The average Bonchev–Trinajstić information content (AvgIpc) is 3.31. The smallest absolute Gasteiger partial charge is 0.123 e. The highest BCUT2D eigenvalue weighted by Crippen LogP contribution is 2.36. The van der Waals surface area contributed by atoms with Gasteiger partial charge in [-0.05, 0) is 12.1 Å². The molecular formula is C18H13N5. The van der Waals surface area contributed by atoms with Gasteiger partial charge >= 0.3 is 0 Å². The van der Waals surface area contributed by atoms with Crippen LogP contribution in [0.25, 0.3) is 44.3 Å². The minimum absolute atomic E-state index is 0.854. The van der Waals surface area contributed by atoms with Crippen molar-refractivity contribution in [1.82, 2.24) is 25.4 Å². The van der Waals surface area contributed by atoms with Crippen LogP contribution in [0, 0.1) is 0 Å². The Balaban J connectivity index is 1.77. The van der Waals surface area contributed by atoms with Crippen molar-refractivity contribution in [3.8, 4) is 22.5 Å². The van der Waals surface area contributed by atoms with Crippen molar-refractivity contribution in [2.45, 2.75) is 0 Å². The first kappa shape index (κ1) is 12.2. The molecule has 3 aromatic heterocycles. The van der Waals surface area contributed by atoms with Gasteiger partial charge < -0.3 is 9.97 Å². The van der Waals surface area contributed by atoms with Gasteiger partial charge in [-0.3, -0.25) is 0 Å². The molecule has 0 amide bonds. The SMILES string of the molecule is c1ccc2c(-c3n[nH]nc3-c3c[nH]c4ccccc34)c[nH]c2c1. The number of aromatic amines is 3. The fourth-order valence-corrected chi connectivity index (χ4v) is 3.14. The average molecular weight is 299 g/mol. The molecule has 0 fully saturated rings. The topological polar surface area (TPSA) is 73.2 Å². The summed E-state index contributed by atoms with van der Waals surface area (Å²) >= 11 is 0. The van der Waals surface area contributed by atoms with Gasteiger partial charge in [0.2, 0.25) is 0 Å². The quantitative estimate of drug-likeness (QED) is 0.459. The molecule has 5 rings (SSSR count). The molecule has 2 aromatic carbocycles. The molecule has 0 saturated heterocycles. The molecule has 23 heavy (non-hydrogen) atoms. The van der Waals surface area contributed by atoms with Gasteiger partial charge in [-0.15, -0.1) is 0 Å². The van der Waals surface area contributed by atoms with Crippen molar-refractivity contribution in [1.29, 1.82) is 0 Å². The molecule has 3 N–H and O–H groups in total. The van der Waals surface area contributed by atoms with E-state index in [1.54, 1.807) is 0 Å². The van der Waals surface area contributed by atoms with E-state index in [0.29, 0.717) is 0 Å². The van der Waals surface area contributed by atoms with E-state index in [2.05, 4.69) is 49.6 Å². The predicted molar refractivity (Wildman–Crippen MR) is 91.0 cm³/mol. The zero-order valence-electron chi connectivity index (χ0n) is 12.2. The van der Waals surface area contributed by atoms with Crippen LogP contribution < -0.4 is 0 Å². The number of rotatable bonds is 2. The maximum absolute atomic E-state index is 4.40. The first-order chi connectivity index (χ1) is 11.4. The number of benzene rings is 2. The van der Waals surface area contributed by atoms with E-state index in [0.717, 1.165) is 44.3 Å². The molecule has 0 spiro atoms. The summed E-state index contributed by atoms with van der Waals surface area (Å²) in [4.78, 5) is 6.59. The van der Waals surface area contributed by atoms with Gasteiger partial charge in [0.15, 0.2) is 0 Å². The number of hydrogen-bond donors (Lipinski definition) is 3. The maximum atomic E-state index is 4.40. The van der Waals surface area contributed by atoms with E-state index in [1.165, 1.54) is 0 Å². The molecule has 0 aliphatic heterocycles. The van der Waals surface area contributed by atoms with E-state index in [4.69, 9.17) is 0 Å². The Hall–Kier alpha value is -3.34. The fraction of sp³-hybridized carbons (Fsp3) is 0. The summed E-state index contributed by atoms with van der Waals surface area (Å²) in [6.07, 6.45) is 3.97. The van der Waals surface area contributed by atoms with E-state index in [-0.39, 0.29) is 0 Å². The van der Waals surface area contributed by atoms with Crippen LogP contribution in [0.4, 0.5) is 0 Å². The van der Waals surface area contributed by atoms with Crippen LogP contribution in [0.5, 0.6) is 0 Å². The summed E-state index contributed by atoms with van der Waals surface area (Å²) in [5.74, 6) is 0. The number of nitrogens with one attached hydrogen (secondary N) is 3. The first-order valence-electron chi connectivity index (χ1n) is 7.45. The van der Waals surface area contributed by atoms with Crippen molar-refractivity contribution >= 4 is 21.8 Å². The van der Waals surface area contributed by atoms with Crippen LogP contribution >= 0.6 is 0 Å². The molecule has 0 aliphatic carbocycles. The molecule has 0 radical (unpaired) electrons. The molecule has 5 aromatic rings. The molecular weight excluding hydrogens is 286 g/mol. The third-order valence-electron chi connectivity index (χ3n) is 4.24. The van der Waals surface area contributed by atoms with E-state index >= 15 is 0 Å². The Labute approximate surface area is 131 Å². The van der Waals surface area contributed by atoms with Gasteiger partial charge in [0.25, 0.3) is 0 Å². The Morgan fingerprint density at radius 2 is 1.09 bits per heavy atom. The summed E-state index contributed by atoms with van der Waals surface area (Å²) in [5.41, 5.74) is 5.99. The standard InChI is InChI=1S/C18H13N5/c1-3-7-15-11(5-1)13(9-19-15)17-18(22-23-21-17)14-10-20-16-8-4-2-6-12(14)16/h1-10,19-20H,(H,21,22,23). The predicted octanol–water partition coefficient (Wildman–Crippen LogP) is 4.10. The number of hydrogen-bond acceptors (Lipinski definition) is 2. The Kier molecular flexibility index (Phi) is 2.43. The third-order valence-corrected chi connectivity index (χ3v) is 4.24. The monoisotopic (exact) mass is 299 g/mol. The second kappa shape index (κ2) is 4.58. The first-order valence-corrected chi connectivity index (χ1v) is 7.45. The minimum atomic E-state index is 0.854. The lowest BCUT2D eigenvalue weighted by molar-refractivity contribution is 0.944. The van der Waals surface area contributed by atoms with Gasteiger partial charge in [-0.25, -0.2) is 0 Å². The second-order valence-electron chi connectivity index (χ2n) is 5.52. The Morgan fingerprint density at radius 1 is 0.609 bits per heavy atom. The summed E-state index contributed by atoms with van der Waals surface area (Å²) in [7, 11) is 0. The summed E-state index contributed by atoms with van der Waals surface area (Å²) in [6.45, 7) is 0. The van der Waals surface area contributed by atoms with E-state index in [9.17, 15) is 0 Å². The van der Waals surface area contributed by atoms with Crippen molar-refractivity contribution in [3.05, 3.63) is 60.9 Å². The van der Waals surface area contributed by atoms with Crippen LogP contribution in [0.2, 0.25) is 0 Å². The van der Waals surface area contributed by atoms with Gasteiger partial charge in [0.05, 0.1) is 0 Å². The molecule has 0 aliphatic rings. The van der Waals surface area contributed by atoms with Crippen molar-refractivity contribution in [2.24, 2.45) is 0 Å². The summed E-state index contributed by atoms with van der Waals surface area (Å²) in [6, 6.07) is 16.4. The molecule has 5 nitrogen and oxygen atoms in total.